The largest absolute Gasteiger partial charge is 0.489 e. The minimum atomic E-state index is -0.933. The number of aliphatic carboxylic acids is 1. The van der Waals surface area contributed by atoms with Crippen LogP contribution in [0.3, 0.4) is 0 Å². The molecule has 0 bridgehead atoms. The van der Waals surface area contributed by atoms with E-state index in [1.54, 1.807) is 18.2 Å². The van der Waals surface area contributed by atoms with E-state index in [9.17, 15) is 14.3 Å². The molecule has 1 aliphatic rings. The molecule has 162 valence electrons. The highest BCUT2D eigenvalue weighted by atomic mass is 35.5. The van der Waals surface area contributed by atoms with Crippen molar-refractivity contribution in [2.24, 2.45) is 0 Å². The predicted octanol–water partition coefficient (Wildman–Crippen LogP) is 7.17. The van der Waals surface area contributed by atoms with Crippen LogP contribution in [0.5, 0.6) is 5.75 Å². The lowest BCUT2D eigenvalue weighted by atomic mass is 9.97. The van der Waals surface area contributed by atoms with Crippen molar-refractivity contribution in [2.45, 2.75) is 26.9 Å². The van der Waals surface area contributed by atoms with Gasteiger partial charge in [-0.05, 0) is 101 Å². The Labute approximate surface area is 191 Å². The number of halogens is 2. The van der Waals surface area contributed by atoms with Crippen molar-refractivity contribution in [2.75, 3.05) is 0 Å². The Morgan fingerprint density at radius 2 is 1.78 bits per heavy atom. The zero-order valence-electron chi connectivity index (χ0n) is 17.8. The molecule has 0 atom stereocenters. The Morgan fingerprint density at radius 3 is 2.47 bits per heavy atom. The molecular weight excluding hydrogens is 427 g/mol. The van der Waals surface area contributed by atoms with Gasteiger partial charge < -0.3 is 9.84 Å². The molecule has 0 aromatic heterocycles. The topological polar surface area (TPSA) is 46.5 Å². The van der Waals surface area contributed by atoms with Crippen LogP contribution in [0.4, 0.5) is 4.39 Å². The molecule has 3 aromatic carbocycles. The summed E-state index contributed by atoms with van der Waals surface area (Å²) in [6, 6.07) is 17.9. The Bertz CT molecular complexity index is 1260. The third-order valence-electron chi connectivity index (χ3n) is 5.63. The van der Waals surface area contributed by atoms with Gasteiger partial charge in [0.25, 0.3) is 0 Å². The molecule has 0 amide bonds. The maximum absolute atomic E-state index is 13.9. The number of carbonyl (C=O) groups is 1. The monoisotopic (exact) mass is 448 g/mol. The number of carboxylic acid groups (broad SMARTS) is 1. The first-order valence-corrected chi connectivity index (χ1v) is 10.6. The molecule has 4 rings (SSSR count). The van der Waals surface area contributed by atoms with E-state index in [0.29, 0.717) is 22.8 Å². The van der Waals surface area contributed by atoms with Gasteiger partial charge in [-0.15, -0.1) is 0 Å². The summed E-state index contributed by atoms with van der Waals surface area (Å²) >= 11 is 5.91. The van der Waals surface area contributed by atoms with Gasteiger partial charge >= 0.3 is 5.97 Å². The third kappa shape index (κ3) is 4.61. The molecule has 1 aliphatic carbocycles. The molecule has 3 nitrogen and oxygen atoms in total. The molecule has 0 aliphatic heterocycles. The summed E-state index contributed by atoms with van der Waals surface area (Å²) in [6.07, 6.45) is 1.90. The highest BCUT2D eigenvalue weighted by Crippen LogP contribution is 2.44. The number of aryl methyl sites for hydroxylation is 1. The second-order valence-electron chi connectivity index (χ2n) is 7.86. The van der Waals surface area contributed by atoms with Gasteiger partial charge in [-0.3, -0.25) is 4.79 Å². The Balaban J connectivity index is 1.62. The van der Waals surface area contributed by atoms with E-state index in [2.05, 4.69) is 6.07 Å². The molecule has 0 fully saturated rings. The third-order valence-corrected chi connectivity index (χ3v) is 5.89. The van der Waals surface area contributed by atoms with Gasteiger partial charge in [-0.1, -0.05) is 35.9 Å². The van der Waals surface area contributed by atoms with Gasteiger partial charge in [0.1, 0.15) is 18.2 Å². The summed E-state index contributed by atoms with van der Waals surface area (Å²) in [4.78, 5) is 11.4. The number of carboxylic acids is 1. The molecule has 0 heterocycles. The lowest BCUT2D eigenvalue weighted by Crippen LogP contribution is -1.97. The number of rotatable bonds is 6. The fraction of sp³-hybridized carbons (Fsp3) is 0.148. The summed E-state index contributed by atoms with van der Waals surface area (Å²) in [5.74, 6) is -0.557. The van der Waals surface area contributed by atoms with Crippen LogP contribution < -0.4 is 4.74 Å². The van der Waals surface area contributed by atoms with Crippen LogP contribution in [0.25, 0.3) is 17.2 Å². The average Bonchev–Trinajstić information content (AvgIpc) is 2.99. The first-order chi connectivity index (χ1) is 15.3. The van der Waals surface area contributed by atoms with E-state index in [-0.39, 0.29) is 12.2 Å². The van der Waals surface area contributed by atoms with E-state index in [0.717, 1.165) is 39.1 Å². The van der Waals surface area contributed by atoms with Gasteiger partial charge in [-0.25, -0.2) is 4.39 Å². The van der Waals surface area contributed by atoms with Crippen molar-refractivity contribution in [3.05, 3.63) is 105 Å². The van der Waals surface area contributed by atoms with Crippen molar-refractivity contribution in [1.82, 2.24) is 0 Å². The van der Waals surface area contributed by atoms with Crippen molar-refractivity contribution in [1.29, 1.82) is 0 Å². The molecule has 32 heavy (non-hydrogen) atoms. The van der Waals surface area contributed by atoms with Crippen molar-refractivity contribution in [3.63, 3.8) is 0 Å². The lowest BCUT2D eigenvalue weighted by molar-refractivity contribution is -0.135. The minimum Gasteiger partial charge on any atom is -0.489 e. The first kappa shape index (κ1) is 21.8. The highest BCUT2D eigenvalue weighted by molar-refractivity contribution is 6.30. The van der Waals surface area contributed by atoms with Gasteiger partial charge in [0, 0.05) is 5.02 Å². The van der Waals surface area contributed by atoms with Crippen LogP contribution in [-0.2, 0) is 11.4 Å². The maximum atomic E-state index is 13.9. The Hall–Kier alpha value is -3.37. The van der Waals surface area contributed by atoms with Crippen LogP contribution in [0.15, 0.2) is 66.2 Å². The molecule has 0 saturated heterocycles. The number of ether oxygens (including phenoxy) is 1. The molecule has 0 radical (unpaired) electrons. The van der Waals surface area contributed by atoms with Crippen LogP contribution >= 0.6 is 11.6 Å². The average molecular weight is 449 g/mol. The van der Waals surface area contributed by atoms with Crippen molar-refractivity contribution in [3.8, 4) is 5.75 Å². The van der Waals surface area contributed by atoms with Gasteiger partial charge in [0.2, 0.25) is 0 Å². The molecule has 5 heteroatoms. The van der Waals surface area contributed by atoms with E-state index in [1.807, 2.05) is 44.2 Å². The summed E-state index contributed by atoms with van der Waals surface area (Å²) in [5, 5.41) is 9.98. The van der Waals surface area contributed by atoms with Crippen LogP contribution in [0.1, 0.15) is 41.2 Å². The Morgan fingerprint density at radius 1 is 1.03 bits per heavy atom. The number of hydrogen-bond donors (Lipinski definition) is 1. The van der Waals surface area contributed by atoms with Crippen molar-refractivity contribution < 1.29 is 19.0 Å². The van der Waals surface area contributed by atoms with Gasteiger partial charge in [0.05, 0.1) is 6.42 Å². The fourth-order valence-electron chi connectivity index (χ4n) is 3.98. The summed E-state index contributed by atoms with van der Waals surface area (Å²) < 4.78 is 19.7. The molecule has 0 unspecified atom stereocenters. The predicted molar refractivity (Wildman–Crippen MR) is 126 cm³/mol. The fourth-order valence-corrected chi connectivity index (χ4v) is 4.10. The summed E-state index contributed by atoms with van der Waals surface area (Å²) in [5.41, 5.74) is 7.07. The first-order valence-electron chi connectivity index (χ1n) is 10.2. The Kier molecular flexibility index (Phi) is 6.15. The molecular formula is C27H22ClFO3. The number of benzene rings is 3. The zero-order valence-corrected chi connectivity index (χ0v) is 18.5. The van der Waals surface area contributed by atoms with E-state index in [4.69, 9.17) is 16.3 Å². The molecule has 0 spiro atoms. The maximum Gasteiger partial charge on any atom is 0.307 e. The summed E-state index contributed by atoms with van der Waals surface area (Å²) in [7, 11) is 0. The summed E-state index contributed by atoms with van der Waals surface area (Å²) in [6.45, 7) is 4.35. The van der Waals surface area contributed by atoms with E-state index >= 15 is 0 Å². The quantitative estimate of drug-likeness (QED) is 0.434. The normalized spacial score (nSPS) is 14.1. The number of fused-ring (bicyclic) bond motifs is 1. The van der Waals surface area contributed by atoms with E-state index < -0.39 is 5.97 Å². The standard InChI is InChI=1S/C27H22ClFO3/c1-16-11-18(15-32-22-8-5-20(28)6-9-22)3-4-19(16)12-24-17(2)25(14-27(30)31)26-13-21(29)7-10-23(24)26/h3-13H,14-15H2,1-2H3,(H,30,31)/b24-12-. The lowest BCUT2D eigenvalue weighted by Gasteiger charge is -2.10. The van der Waals surface area contributed by atoms with Gasteiger partial charge in [0.15, 0.2) is 0 Å². The second-order valence-corrected chi connectivity index (χ2v) is 8.29. The van der Waals surface area contributed by atoms with E-state index in [1.165, 1.54) is 12.1 Å². The highest BCUT2D eigenvalue weighted by Gasteiger charge is 2.25. The molecule has 3 aromatic rings. The SMILES string of the molecule is CC1=C(CC(=O)O)c2cc(F)ccc2/C1=C\c1ccc(COc2ccc(Cl)cc2)cc1C. The van der Waals surface area contributed by atoms with Gasteiger partial charge in [-0.2, -0.15) is 0 Å². The zero-order chi connectivity index (χ0) is 22.8. The minimum absolute atomic E-state index is 0.139. The van der Waals surface area contributed by atoms with Crippen LogP contribution in [0.2, 0.25) is 5.02 Å². The number of hydrogen-bond acceptors (Lipinski definition) is 2. The van der Waals surface area contributed by atoms with Crippen LogP contribution in [0, 0.1) is 12.7 Å². The molecule has 0 saturated carbocycles. The number of allylic oxidation sites excluding steroid dienone is 2. The van der Waals surface area contributed by atoms with Crippen LogP contribution in [-0.4, -0.2) is 11.1 Å². The smallest absolute Gasteiger partial charge is 0.307 e. The second kappa shape index (κ2) is 9.01. The van der Waals surface area contributed by atoms with Crippen molar-refractivity contribution >= 4 is 34.8 Å². The molecule has 1 N–H and O–H groups in total.